The molecule has 1 unspecified atom stereocenters. The molecule has 1 atom stereocenters. The number of rotatable bonds is 4. The summed E-state index contributed by atoms with van der Waals surface area (Å²) in [6.45, 7) is 4.11. The molecule has 1 heterocycles. The first-order valence-corrected chi connectivity index (χ1v) is 6.24. The Morgan fingerprint density at radius 3 is 2.61 bits per heavy atom. The first kappa shape index (κ1) is 12.4. The van der Waals surface area contributed by atoms with E-state index < -0.39 is 0 Å². The van der Waals surface area contributed by atoms with Crippen molar-refractivity contribution in [1.29, 1.82) is 0 Å². The topological polar surface area (TPSA) is 50.9 Å². The van der Waals surface area contributed by atoms with E-state index in [2.05, 4.69) is 41.5 Å². The molecule has 1 aromatic carbocycles. The van der Waals surface area contributed by atoms with E-state index in [-0.39, 0.29) is 6.04 Å². The van der Waals surface area contributed by atoms with Crippen LogP contribution in [-0.4, -0.2) is 4.98 Å². The fourth-order valence-corrected chi connectivity index (χ4v) is 1.90. The van der Waals surface area contributed by atoms with Crippen molar-refractivity contribution >= 4 is 11.5 Å². The number of nitrogens with two attached hydrogens (primary N) is 1. The summed E-state index contributed by atoms with van der Waals surface area (Å²) < 4.78 is 0. The third-order valence-electron chi connectivity index (χ3n) is 3.08. The van der Waals surface area contributed by atoms with E-state index in [1.54, 1.807) is 6.20 Å². The van der Waals surface area contributed by atoms with Crippen LogP contribution in [0, 0.1) is 6.92 Å². The molecule has 0 saturated carbocycles. The van der Waals surface area contributed by atoms with Gasteiger partial charge in [0, 0.05) is 18.0 Å². The lowest BCUT2D eigenvalue weighted by atomic mass is 10.0. The number of aromatic nitrogens is 1. The van der Waals surface area contributed by atoms with Gasteiger partial charge in [-0.3, -0.25) is 0 Å². The second kappa shape index (κ2) is 5.54. The SMILES string of the molecule is CCC(Nc1cc(N)c(C)cn1)c1ccccc1. The van der Waals surface area contributed by atoms with E-state index in [0.29, 0.717) is 0 Å². The van der Waals surface area contributed by atoms with Crippen LogP contribution in [0.4, 0.5) is 11.5 Å². The molecule has 3 nitrogen and oxygen atoms in total. The summed E-state index contributed by atoms with van der Waals surface area (Å²) in [7, 11) is 0. The Balaban J connectivity index is 2.18. The fraction of sp³-hybridized carbons (Fsp3) is 0.267. The van der Waals surface area contributed by atoms with Gasteiger partial charge >= 0.3 is 0 Å². The Bertz CT molecular complexity index is 508. The van der Waals surface area contributed by atoms with Gasteiger partial charge in [0.05, 0.1) is 6.04 Å². The highest BCUT2D eigenvalue weighted by Crippen LogP contribution is 2.22. The minimum Gasteiger partial charge on any atom is -0.398 e. The molecule has 3 N–H and O–H groups in total. The minimum absolute atomic E-state index is 0.265. The monoisotopic (exact) mass is 241 g/mol. The van der Waals surface area contributed by atoms with E-state index in [1.165, 1.54) is 5.56 Å². The molecular weight excluding hydrogens is 222 g/mol. The molecule has 0 fully saturated rings. The predicted octanol–water partition coefficient (Wildman–Crippen LogP) is 3.54. The van der Waals surface area contributed by atoms with Crippen LogP contribution in [-0.2, 0) is 0 Å². The number of nitrogens with one attached hydrogen (secondary N) is 1. The molecule has 18 heavy (non-hydrogen) atoms. The van der Waals surface area contributed by atoms with Crippen LogP contribution in [0.15, 0.2) is 42.6 Å². The number of hydrogen-bond acceptors (Lipinski definition) is 3. The normalized spacial score (nSPS) is 12.1. The zero-order valence-electron chi connectivity index (χ0n) is 10.9. The van der Waals surface area contributed by atoms with E-state index >= 15 is 0 Å². The van der Waals surface area contributed by atoms with Crippen LogP contribution < -0.4 is 11.1 Å². The van der Waals surface area contributed by atoms with Crippen molar-refractivity contribution in [3.63, 3.8) is 0 Å². The Kier molecular flexibility index (Phi) is 3.82. The molecule has 2 aromatic rings. The Labute approximate surface area is 108 Å². The van der Waals surface area contributed by atoms with Gasteiger partial charge in [-0.1, -0.05) is 37.3 Å². The molecule has 94 valence electrons. The lowest BCUT2D eigenvalue weighted by Crippen LogP contribution is -2.11. The molecule has 0 aliphatic rings. The van der Waals surface area contributed by atoms with E-state index in [4.69, 9.17) is 5.73 Å². The Morgan fingerprint density at radius 2 is 2.00 bits per heavy atom. The summed E-state index contributed by atoms with van der Waals surface area (Å²) in [5.41, 5.74) is 8.94. The van der Waals surface area contributed by atoms with Gasteiger partial charge in [0.2, 0.25) is 0 Å². The van der Waals surface area contributed by atoms with Crippen molar-refractivity contribution in [2.24, 2.45) is 0 Å². The largest absolute Gasteiger partial charge is 0.398 e. The molecule has 3 heteroatoms. The second-order valence-electron chi connectivity index (χ2n) is 4.44. The zero-order valence-corrected chi connectivity index (χ0v) is 10.9. The zero-order chi connectivity index (χ0) is 13.0. The molecule has 0 aliphatic carbocycles. The Morgan fingerprint density at radius 1 is 1.28 bits per heavy atom. The molecule has 0 amide bonds. The van der Waals surface area contributed by atoms with Gasteiger partial charge in [-0.05, 0) is 24.5 Å². The number of nitrogens with zero attached hydrogens (tertiary/aromatic N) is 1. The third kappa shape index (κ3) is 2.80. The van der Waals surface area contributed by atoms with Crippen LogP contribution >= 0.6 is 0 Å². The summed E-state index contributed by atoms with van der Waals surface area (Å²) in [4.78, 5) is 4.36. The molecule has 2 rings (SSSR count). The first-order chi connectivity index (χ1) is 8.70. The van der Waals surface area contributed by atoms with E-state index in [9.17, 15) is 0 Å². The predicted molar refractivity (Wildman–Crippen MR) is 76.5 cm³/mol. The maximum absolute atomic E-state index is 5.90. The quantitative estimate of drug-likeness (QED) is 0.860. The summed E-state index contributed by atoms with van der Waals surface area (Å²) in [5, 5.41) is 3.42. The van der Waals surface area contributed by atoms with Gasteiger partial charge in [-0.15, -0.1) is 0 Å². The van der Waals surface area contributed by atoms with Crippen LogP contribution in [0.1, 0.15) is 30.5 Å². The van der Waals surface area contributed by atoms with Gasteiger partial charge < -0.3 is 11.1 Å². The first-order valence-electron chi connectivity index (χ1n) is 6.24. The standard InChI is InChI=1S/C15H19N3/c1-3-14(12-7-5-4-6-8-12)18-15-9-13(16)11(2)10-17-15/h4-10,14H,3H2,1-2H3,(H3,16,17,18). The van der Waals surface area contributed by atoms with Crippen LogP contribution in [0.5, 0.6) is 0 Å². The number of aryl methyl sites for hydroxylation is 1. The summed E-state index contributed by atoms with van der Waals surface area (Å²) in [5.74, 6) is 0.828. The van der Waals surface area contributed by atoms with Gasteiger partial charge in [0.1, 0.15) is 5.82 Å². The maximum Gasteiger partial charge on any atom is 0.128 e. The summed E-state index contributed by atoms with van der Waals surface area (Å²) in [6.07, 6.45) is 2.80. The van der Waals surface area contributed by atoms with Gasteiger partial charge in [0.25, 0.3) is 0 Å². The highest BCUT2D eigenvalue weighted by Gasteiger charge is 2.09. The highest BCUT2D eigenvalue weighted by atomic mass is 15.0. The smallest absolute Gasteiger partial charge is 0.128 e. The van der Waals surface area contributed by atoms with Crippen molar-refractivity contribution in [1.82, 2.24) is 4.98 Å². The molecule has 0 spiro atoms. The number of anilines is 2. The number of pyridine rings is 1. The minimum atomic E-state index is 0.265. The van der Waals surface area contributed by atoms with Gasteiger partial charge in [-0.25, -0.2) is 4.98 Å². The maximum atomic E-state index is 5.90. The van der Waals surface area contributed by atoms with Crippen LogP contribution in [0.2, 0.25) is 0 Å². The third-order valence-corrected chi connectivity index (χ3v) is 3.08. The number of nitrogen functional groups attached to an aromatic ring is 1. The van der Waals surface area contributed by atoms with Crippen molar-refractivity contribution in [3.05, 3.63) is 53.7 Å². The van der Waals surface area contributed by atoms with E-state index in [0.717, 1.165) is 23.5 Å². The molecule has 0 aliphatic heterocycles. The fourth-order valence-electron chi connectivity index (χ4n) is 1.90. The Hall–Kier alpha value is -2.03. The average Bonchev–Trinajstić information content (AvgIpc) is 2.41. The lowest BCUT2D eigenvalue weighted by Gasteiger charge is -2.18. The molecule has 1 aromatic heterocycles. The molecule has 0 bridgehead atoms. The molecule has 0 radical (unpaired) electrons. The van der Waals surface area contributed by atoms with Crippen LogP contribution in [0.25, 0.3) is 0 Å². The van der Waals surface area contributed by atoms with Crippen molar-refractivity contribution in [2.45, 2.75) is 26.3 Å². The summed E-state index contributed by atoms with van der Waals surface area (Å²) in [6, 6.07) is 12.5. The number of hydrogen-bond donors (Lipinski definition) is 2. The van der Waals surface area contributed by atoms with Crippen LogP contribution in [0.3, 0.4) is 0 Å². The van der Waals surface area contributed by atoms with Crippen molar-refractivity contribution in [3.8, 4) is 0 Å². The number of benzene rings is 1. The molecule has 0 saturated heterocycles. The van der Waals surface area contributed by atoms with Crippen molar-refractivity contribution in [2.75, 3.05) is 11.1 Å². The van der Waals surface area contributed by atoms with Crippen molar-refractivity contribution < 1.29 is 0 Å². The lowest BCUT2D eigenvalue weighted by molar-refractivity contribution is 0.744. The van der Waals surface area contributed by atoms with Gasteiger partial charge in [0.15, 0.2) is 0 Å². The second-order valence-corrected chi connectivity index (χ2v) is 4.44. The van der Waals surface area contributed by atoms with Gasteiger partial charge in [-0.2, -0.15) is 0 Å². The highest BCUT2D eigenvalue weighted by molar-refractivity contribution is 5.54. The molecular formula is C15H19N3. The van der Waals surface area contributed by atoms with E-state index in [1.807, 2.05) is 19.1 Å². The average molecular weight is 241 g/mol. The summed E-state index contributed by atoms with van der Waals surface area (Å²) >= 11 is 0.